The first-order valence-corrected chi connectivity index (χ1v) is 27.4. The van der Waals surface area contributed by atoms with Crippen LogP contribution in [-0.4, -0.2) is 39.9 Å². The maximum Gasteiger partial charge on any atom is 0.164 e. The molecule has 0 atom stereocenters. The Bertz CT molecular complexity index is 2060. The van der Waals surface area contributed by atoms with Crippen LogP contribution < -0.4 is 0 Å². The van der Waals surface area contributed by atoms with E-state index in [4.69, 9.17) is 29.9 Å². The maximum atomic E-state index is 5.02. The molecule has 0 aliphatic carbocycles. The summed E-state index contributed by atoms with van der Waals surface area (Å²) in [6.45, 7) is 0. The second-order valence-corrected chi connectivity index (χ2v) is 24.0. The van der Waals surface area contributed by atoms with Crippen LogP contribution in [0.3, 0.4) is 0 Å². The Morgan fingerprint density at radius 1 is 0.372 bits per heavy atom. The SMILES string of the molecule is [Br][Zn][Br].c1ccc2c(c1)-c1nc-2nc2[nH]c(nc3nc(nc4[nH]c(n1)c1ccccc41)-c1ccccc1-3)c1ccccc21. The van der Waals surface area contributed by atoms with Crippen molar-refractivity contribution in [2.75, 3.05) is 0 Å². The summed E-state index contributed by atoms with van der Waals surface area (Å²) in [6, 6.07) is 32.2. The van der Waals surface area contributed by atoms with Crippen LogP contribution in [0.5, 0.6) is 0 Å². The van der Waals surface area contributed by atoms with Crippen LogP contribution in [-0.2, 0) is 13.2 Å². The van der Waals surface area contributed by atoms with Gasteiger partial charge in [0.25, 0.3) is 0 Å². The second kappa shape index (κ2) is 10.8. The molecule has 3 aromatic heterocycles. The van der Waals surface area contributed by atoms with Gasteiger partial charge >= 0.3 is 40.5 Å². The first-order chi connectivity index (χ1) is 21.2. The van der Waals surface area contributed by atoms with Crippen LogP contribution in [0.1, 0.15) is 0 Å². The van der Waals surface area contributed by atoms with Crippen molar-refractivity contribution in [3.63, 3.8) is 0 Å². The third-order valence-electron chi connectivity index (χ3n) is 7.46. The molecule has 4 aromatic carbocycles. The van der Waals surface area contributed by atoms with E-state index < -0.39 is 0 Å². The van der Waals surface area contributed by atoms with E-state index in [1.807, 2.05) is 97.1 Å². The number of benzene rings is 4. The van der Waals surface area contributed by atoms with Crippen molar-refractivity contribution in [3.8, 4) is 45.6 Å². The number of fused-ring (bicyclic) bond motifs is 20. The fourth-order valence-electron chi connectivity index (χ4n) is 5.59. The molecule has 0 unspecified atom stereocenters. The van der Waals surface area contributed by atoms with Gasteiger partial charge in [-0.25, -0.2) is 29.9 Å². The summed E-state index contributed by atoms with van der Waals surface area (Å²) >= 11 is 6.25. The van der Waals surface area contributed by atoms with Crippen molar-refractivity contribution in [2.45, 2.75) is 0 Å². The minimum Gasteiger partial charge on any atom is -0.324 e. The van der Waals surface area contributed by atoms with Gasteiger partial charge in [-0.3, -0.25) is 0 Å². The molecule has 0 amide bonds. The molecule has 0 saturated heterocycles. The van der Waals surface area contributed by atoms with Crippen molar-refractivity contribution < 1.29 is 13.2 Å². The summed E-state index contributed by atoms with van der Waals surface area (Å²) < 4.78 is 0. The standard InChI is InChI=1S/C32H18N8.2BrH.Zn/c1-2-10-18-17(9-1)25-33-26(18)38-28-21-13-5-6-14-22(21)30(35-28)40-32-24-16-8-7-15-23(24)31(36-32)39-29-20-12-4-3-11-19(20)27(34-29)37-25;;;/h1-16H,(H2,33,34,35,36,37,38,39,40);2*1H;/q;;;+2/p-2. The summed E-state index contributed by atoms with van der Waals surface area (Å²) in [6.07, 6.45) is 0. The van der Waals surface area contributed by atoms with Gasteiger partial charge in [0.15, 0.2) is 23.3 Å². The Morgan fingerprint density at radius 3 is 0.860 bits per heavy atom. The van der Waals surface area contributed by atoms with E-state index in [1.54, 1.807) is 0 Å². The molecule has 0 saturated carbocycles. The second-order valence-electron chi connectivity index (χ2n) is 9.89. The Hall–Kier alpha value is -4.18. The molecule has 43 heavy (non-hydrogen) atoms. The number of hydrogen-bond donors (Lipinski definition) is 2. The smallest absolute Gasteiger partial charge is 0.164 e. The van der Waals surface area contributed by atoms with Crippen LogP contribution in [0.2, 0.25) is 0 Å². The van der Waals surface area contributed by atoms with Gasteiger partial charge in [-0.05, 0) is 0 Å². The Labute approximate surface area is 265 Å². The molecule has 0 radical (unpaired) electrons. The molecular formula is C32H18Br2N8Zn. The summed E-state index contributed by atoms with van der Waals surface area (Å²) in [5, 5.41) is 3.82. The molecule has 0 fully saturated rings. The van der Waals surface area contributed by atoms with Crippen LogP contribution in [0.15, 0.2) is 97.1 Å². The van der Waals surface area contributed by atoms with Gasteiger partial charge in [-0.15, -0.1) is 0 Å². The number of nitrogens with one attached hydrogen (secondary N) is 2. The predicted molar refractivity (Wildman–Crippen MR) is 174 cm³/mol. The zero-order valence-corrected chi connectivity index (χ0v) is 28.5. The molecule has 9 rings (SSSR count). The van der Waals surface area contributed by atoms with Gasteiger partial charge < -0.3 is 9.97 Å². The van der Waals surface area contributed by atoms with E-state index in [0.717, 1.165) is 43.8 Å². The number of H-pyrrole nitrogens is 2. The van der Waals surface area contributed by atoms with E-state index in [1.165, 1.54) is 0 Å². The van der Waals surface area contributed by atoms with Crippen molar-refractivity contribution in [1.82, 2.24) is 39.9 Å². The van der Waals surface area contributed by atoms with Gasteiger partial charge in [0.1, 0.15) is 22.6 Å². The topological polar surface area (TPSA) is 109 Å². The van der Waals surface area contributed by atoms with E-state index in [0.29, 0.717) is 45.9 Å². The average Bonchev–Trinajstić information content (AvgIpc) is 3.77. The van der Waals surface area contributed by atoms with Crippen molar-refractivity contribution in [2.24, 2.45) is 0 Å². The minimum atomic E-state index is -0.250. The van der Waals surface area contributed by atoms with Crippen LogP contribution in [0, 0.1) is 0 Å². The zero-order chi connectivity index (χ0) is 28.9. The Morgan fingerprint density at radius 2 is 0.605 bits per heavy atom. The zero-order valence-electron chi connectivity index (χ0n) is 22.4. The van der Waals surface area contributed by atoms with E-state index in [2.05, 4.69) is 37.2 Å². The number of rotatable bonds is 0. The van der Waals surface area contributed by atoms with E-state index in [-0.39, 0.29) is 13.2 Å². The molecule has 8 bridgehead atoms. The number of halogens is 2. The molecule has 11 heteroatoms. The minimum absolute atomic E-state index is 0.250. The van der Waals surface area contributed by atoms with Crippen LogP contribution in [0.4, 0.5) is 0 Å². The molecule has 7 aromatic rings. The van der Waals surface area contributed by atoms with Gasteiger partial charge in [-0.1, -0.05) is 97.1 Å². The Balaban J connectivity index is 0.000000892. The van der Waals surface area contributed by atoms with Crippen LogP contribution >= 0.6 is 27.2 Å². The molecule has 2 aliphatic heterocycles. The van der Waals surface area contributed by atoms with Gasteiger partial charge in [0.2, 0.25) is 0 Å². The molecule has 5 heterocycles. The molecular weight excluding hydrogens is 722 g/mol. The maximum absolute atomic E-state index is 5.02. The molecule has 2 aliphatic rings. The third-order valence-corrected chi connectivity index (χ3v) is 7.46. The van der Waals surface area contributed by atoms with E-state index in [9.17, 15) is 0 Å². The van der Waals surface area contributed by atoms with Gasteiger partial charge in [-0.2, -0.15) is 0 Å². The average molecular weight is 740 g/mol. The van der Waals surface area contributed by atoms with Crippen molar-refractivity contribution in [1.29, 1.82) is 0 Å². The largest absolute Gasteiger partial charge is 0.324 e. The first-order valence-electron chi connectivity index (χ1n) is 13.5. The molecule has 2 N–H and O–H groups in total. The fraction of sp³-hybridized carbons (Fsp3) is 0. The van der Waals surface area contributed by atoms with Gasteiger partial charge in [0.05, 0.1) is 0 Å². The van der Waals surface area contributed by atoms with E-state index >= 15 is 0 Å². The number of nitrogens with zero attached hydrogens (tertiary/aromatic N) is 6. The summed E-state index contributed by atoms with van der Waals surface area (Å²) in [5.41, 5.74) is 6.45. The molecule has 202 valence electrons. The van der Waals surface area contributed by atoms with Gasteiger partial charge in [0, 0.05) is 43.8 Å². The number of hydrogen-bond acceptors (Lipinski definition) is 6. The Kier molecular flexibility index (Phi) is 6.66. The monoisotopic (exact) mass is 736 g/mol. The first kappa shape index (κ1) is 26.5. The fourth-order valence-corrected chi connectivity index (χ4v) is 5.59. The third kappa shape index (κ3) is 4.50. The summed E-state index contributed by atoms with van der Waals surface area (Å²) in [5.74, 6) is 2.39. The van der Waals surface area contributed by atoms with Crippen molar-refractivity contribution >= 4 is 71.4 Å². The number of aromatic amines is 2. The quantitative estimate of drug-likeness (QED) is 0.151. The summed E-state index contributed by atoms with van der Waals surface area (Å²) in [7, 11) is 0. The summed E-state index contributed by atoms with van der Waals surface area (Å²) in [4.78, 5) is 36.8. The predicted octanol–water partition coefficient (Wildman–Crippen LogP) is 8.56. The number of aromatic nitrogens is 8. The normalized spacial score (nSPS) is 11.4. The molecule has 8 nitrogen and oxygen atoms in total. The molecule has 0 spiro atoms. The van der Waals surface area contributed by atoms with Crippen LogP contribution in [0.25, 0.3) is 89.7 Å². The van der Waals surface area contributed by atoms with Crippen molar-refractivity contribution in [3.05, 3.63) is 97.1 Å².